The highest BCUT2D eigenvalue weighted by Gasteiger charge is 2.35. The standard InChI is InChI=1S/C12H18N2S/c1-5-12(3,4)9-7-6-8(2)10-11(9)14-15-13-10/h6-7,11,14H,5H2,1-4H3. The summed E-state index contributed by atoms with van der Waals surface area (Å²) in [5, 5.41) is 0. The highest BCUT2D eigenvalue weighted by Crippen LogP contribution is 2.38. The van der Waals surface area contributed by atoms with Gasteiger partial charge in [0.2, 0.25) is 0 Å². The van der Waals surface area contributed by atoms with Gasteiger partial charge >= 0.3 is 0 Å². The van der Waals surface area contributed by atoms with E-state index < -0.39 is 0 Å². The van der Waals surface area contributed by atoms with Crippen LogP contribution in [0.5, 0.6) is 0 Å². The second-order valence-corrected chi connectivity index (χ2v) is 5.43. The van der Waals surface area contributed by atoms with E-state index in [0.717, 1.165) is 6.42 Å². The monoisotopic (exact) mass is 222 g/mol. The SMILES string of the molecule is CCC(C)(C)C1=CC=C(C)C2=NSNC12. The summed E-state index contributed by atoms with van der Waals surface area (Å²) in [5.41, 5.74) is 4.20. The maximum absolute atomic E-state index is 4.45. The van der Waals surface area contributed by atoms with Gasteiger partial charge in [0.25, 0.3) is 0 Å². The first-order valence-corrected chi connectivity index (χ1v) is 6.22. The van der Waals surface area contributed by atoms with Crippen molar-refractivity contribution in [3.8, 4) is 0 Å². The van der Waals surface area contributed by atoms with Gasteiger partial charge < -0.3 is 0 Å². The van der Waals surface area contributed by atoms with Crippen LogP contribution in [0.15, 0.2) is 27.7 Å². The minimum absolute atomic E-state index is 0.251. The van der Waals surface area contributed by atoms with Crippen molar-refractivity contribution in [1.29, 1.82) is 0 Å². The molecule has 0 bridgehead atoms. The summed E-state index contributed by atoms with van der Waals surface area (Å²) in [6.45, 7) is 8.97. The van der Waals surface area contributed by atoms with Crippen molar-refractivity contribution in [2.24, 2.45) is 9.81 Å². The summed E-state index contributed by atoms with van der Waals surface area (Å²) in [5.74, 6) is 0. The van der Waals surface area contributed by atoms with Crippen molar-refractivity contribution in [3.63, 3.8) is 0 Å². The molecule has 1 aliphatic heterocycles. The molecule has 2 aliphatic rings. The number of rotatable bonds is 2. The summed E-state index contributed by atoms with van der Waals surface area (Å²) < 4.78 is 7.83. The van der Waals surface area contributed by atoms with Gasteiger partial charge in [-0.1, -0.05) is 32.9 Å². The molecular weight excluding hydrogens is 204 g/mol. The van der Waals surface area contributed by atoms with E-state index in [-0.39, 0.29) is 5.41 Å². The molecule has 0 aromatic rings. The number of hydrogen-bond donors (Lipinski definition) is 1. The Morgan fingerprint density at radius 2 is 2.20 bits per heavy atom. The van der Waals surface area contributed by atoms with Gasteiger partial charge in [0, 0.05) is 0 Å². The minimum atomic E-state index is 0.251. The van der Waals surface area contributed by atoms with Gasteiger partial charge in [-0.3, -0.25) is 0 Å². The molecule has 0 amide bonds. The molecule has 1 aliphatic carbocycles. The first-order valence-electron chi connectivity index (χ1n) is 5.45. The van der Waals surface area contributed by atoms with Crippen molar-refractivity contribution in [2.45, 2.75) is 40.2 Å². The van der Waals surface area contributed by atoms with Crippen LogP contribution in [0.25, 0.3) is 0 Å². The average Bonchev–Trinajstić information content (AvgIpc) is 2.67. The molecule has 82 valence electrons. The molecule has 1 unspecified atom stereocenters. The second-order valence-electron chi connectivity index (χ2n) is 4.83. The second kappa shape index (κ2) is 3.80. The van der Waals surface area contributed by atoms with Gasteiger partial charge in [-0.05, 0) is 29.9 Å². The van der Waals surface area contributed by atoms with Gasteiger partial charge in [-0.2, -0.15) is 0 Å². The van der Waals surface area contributed by atoms with Gasteiger partial charge in [-0.15, -0.1) is 0 Å². The predicted octanol–water partition coefficient (Wildman–Crippen LogP) is 3.28. The molecule has 2 rings (SSSR count). The maximum Gasteiger partial charge on any atom is 0.0838 e. The summed E-state index contributed by atoms with van der Waals surface area (Å²) >= 11 is 1.47. The molecule has 0 aromatic heterocycles. The number of hydrogen-bond acceptors (Lipinski definition) is 3. The lowest BCUT2D eigenvalue weighted by atomic mass is 9.74. The summed E-state index contributed by atoms with van der Waals surface area (Å²) in [6, 6.07) is 0.329. The third-order valence-corrected chi connectivity index (χ3v) is 4.11. The molecule has 1 N–H and O–H groups in total. The highest BCUT2D eigenvalue weighted by atomic mass is 32.2. The first kappa shape index (κ1) is 11.0. The maximum atomic E-state index is 4.45. The lowest BCUT2D eigenvalue weighted by molar-refractivity contribution is 0.411. The van der Waals surface area contributed by atoms with Crippen LogP contribution in [0.4, 0.5) is 0 Å². The summed E-state index contributed by atoms with van der Waals surface area (Å²) in [4.78, 5) is 0. The Morgan fingerprint density at radius 3 is 2.87 bits per heavy atom. The fraction of sp³-hybridized carbons (Fsp3) is 0.583. The number of allylic oxidation sites excluding steroid dienone is 2. The van der Waals surface area contributed by atoms with Gasteiger partial charge in [-0.25, -0.2) is 9.12 Å². The van der Waals surface area contributed by atoms with E-state index >= 15 is 0 Å². The van der Waals surface area contributed by atoms with E-state index in [4.69, 9.17) is 0 Å². The van der Waals surface area contributed by atoms with Crippen LogP contribution in [-0.4, -0.2) is 11.8 Å². The quantitative estimate of drug-likeness (QED) is 0.725. The third kappa shape index (κ3) is 1.79. The molecule has 0 spiro atoms. The third-order valence-electron chi connectivity index (χ3n) is 3.48. The Balaban J connectivity index is 2.38. The Bertz CT molecular complexity index is 364. The molecule has 0 fully saturated rings. The zero-order chi connectivity index (χ0) is 11.1. The van der Waals surface area contributed by atoms with Gasteiger partial charge in [0.1, 0.15) is 0 Å². The van der Waals surface area contributed by atoms with E-state index in [2.05, 4.69) is 49.0 Å². The van der Waals surface area contributed by atoms with Gasteiger partial charge in [0.05, 0.1) is 23.9 Å². The minimum Gasteiger partial charge on any atom is -0.231 e. The number of nitrogens with one attached hydrogen (secondary N) is 1. The molecule has 1 atom stereocenters. The molecule has 1 heterocycles. The molecule has 3 heteroatoms. The smallest absolute Gasteiger partial charge is 0.0838 e. The number of nitrogens with zero attached hydrogens (tertiary/aromatic N) is 1. The molecule has 0 aromatic carbocycles. The zero-order valence-corrected chi connectivity index (χ0v) is 10.6. The van der Waals surface area contributed by atoms with Crippen LogP contribution < -0.4 is 4.72 Å². The van der Waals surface area contributed by atoms with E-state index in [0.29, 0.717) is 6.04 Å². The molecule has 2 nitrogen and oxygen atoms in total. The average molecular weight is 222 g/mol. The fourth-order valence-corrected chi connectivity index (χ4v) is 2.71. The topological polar surface area (TPSA) is 24.4 Å². The summed E-state index contributed by atoms with van der Waals surface area (Å²) in [6.07, 6.45) is 5.61. The first-order chi connectivity index (χ1) is 7.06. The van der Waals surface area contributed by atoms with Crippen molar-refractivity contribution in [1.82, 2.24) is 4.72 Å². The van der Waals surface area contributed by atoms with E-state index in [1.807, 2.05) is 0 Å². The van der Waals surface area contributed by atoms with Crippen molar-refractivity contribution < 1.29 is 0 Å². The van der Waals surface area contributed by atoms with Crippen LogP contribution in [-0.2, 0) is 0 Å². The molecule has 0 radical (unpaired) electrons. The largest absolute Gasteiger partial charge is 0.231 e. The van der Waals surface area contributed by atoms with Crippen molar-refractivity contribution in [3.05, 3.63) is 23.3 Å². The molecular formula is C12H18N2S. The van der Waals surface area contributed by atoms with E-state index in [9.17, 15) is 0 Å². The molecule has 0 saturated heterocycles. The van der Waals surface area contributed by atoms with Crippen LogP contribution in [0, 0.1) is 5.41 Å². The Morgan fingerprint density at radius 1 is 1.47 bits per heavy atom. The zero-order valence-electron chi connectivity index (χ0n) is 9.79. The van der Waals surface area contributed by atoms with Crippen LogP contribution in [0.1, 0.15) is 34.1 Å². The van der Waals surface area contributed by atoms with Crippen LogP contribution in [0.2, 0.25) is 0 Å². The van der Waals surface area contributed by atoms with Crippen LogP contribution in [0.3, 0.4) is 0 Å². The fourth-order valence-electron chi connectivity index (χ4n) is 1.96. The Hall–Kier alpha value is -0.540. The molecule has 15 heavy (non-hydrogen) atoms. The summed E-state index contributed by atoms with van der Waals surface area (Å²) in [7, 11) is 0. The van der Waals surface area contributed by atoms with Gasteiger partial charge in [0.15, 0.2) is 0 Å². The molecule has 0 saturated carbocycles. The normalized spacial score (nSPS) is 25.6. The van der Waals surface area contributed by atoms with E-state index in [1.165, 1.54) is 29.0 Å². The Labute approximate surface area is 96.2 Å². The van der Waals surface area contributed by atoms with Crippen molar-refractivity contribution in [2.75, 3.05) is 0 Å². The highest BCUT2D eigenvalue weighted by molar-refractivity contribution is 7.96. The predicted molar refractivity (Wildman–Crippen MR) is 67.9 cm³/mol. The van der Waals surface area contributed by atoms with Crippen LogP contribution >= 0.6 is 12.1 Å². The Kier molecular flexibility index (Phi) is 2.77. The lowest BCUT2D eigenvalue weighted by Crippen LogP contribution is -2.38. The number of fused-ring (bicyclic) bond motifs is 1. The van der Waals surface area contributed by atoms with Crippen molar-refractivity contribution >= 4 is 17.8 Å². The van der Waals surface area contributed by atoms with E-state index in [1.54, 1.807) is 0 Å². The lowest BCUT2D eigenvalue weighted by Gasteiger charge is -2.33.